The number of benzene rings is 3. The highest BCUT2D eigenvalue weighted by atomic mass is 16.5. The predicted octanol–water partition coefficient (Wildman–Crippen LogP) is 5.70. The lowest BCUT2D eigenvalue weighted by molar-refractivity contribution is 0.252. The first-order valence-electron chi connectivity index (χ1n) is 11.0. The van der Waals surface area contributed by atoms with Gasteiger partial charge in [0.05, 0.1) is 14.2 Å². The van der Waals surface area contributed by atoms with Crippen LogP contribution in [0.25, 0.3) is 10.9 Å². The van der Waals surface area contributed by atoms with E-state index in [9.17, 15) is 4.79 Å². The van der Waals surface area contributed by atoms with Gasteiger partial charge in [0, 0.05) is 35.2 Å². The van der Waals surface area contributed by atoms with E-state index in [0.29, 0.717) is 18.0 Å². The molecule has 1 aromatic heterocycles. The summed E-state index contributed by atoms with van der Waals surface area (Å²) in [6, 6.07) is 21.7. The molecule has 2 amide bonds. The van der Waals surface area contributed by atoms with Crippen molar-refractivity contribution in [1.82, 2.24) is 10.3 Å². The van der Waals surface area contributed by atoms with Crippen molar-refractivity contribution in [3.05, 3.63) is 89.6 Å². The highest BCUT2D eigenvalue weighted by Gasteiger charge is 2.21. The largest absolute Gasteiger partial charge is 0.493 e. The van der Waals surface area contributed by atoms with E-state index >= 15 is 0 Å². The second-order valence-electron chi connectivity index (χ2n) is 7.80. The fraction of sp³-hybridized carbons (Fsp3) is 0.222. The Hall–Kier alpha value is -3.93. The van der Waals surface area contributed by atoms with Gasteiger partial charge < -0.3 is 25.1 Å². The fourth-order valence-corrected chi connectivity index (χ4v) is 4.17. The number of H-pyrrole nitrogens is 1. The molecule has 6 heteroatoms. The number of nitrogens with one attached hydrogen (secondary N) is 3. The van der Waals surface area contributed by atoms with Crippen LogP contribution >= 0.6 is 0 Å². The summed E-state index contributed by atoms with van der Waals surface area (Å²) in [6.45, 7) is 2.49. The van der Waals surface area contributed by atoms with Crippen molar-refractivity contribution in [1.29, 1.82) is 0 Å². The summed E-state index contributed by atoms with van der Waals surface area (Å²) in [6.07, 6.45) is 2.86. The molecule has 0 aliphatic carbocycles. The molecule has 3 aromatic carbocycles. The number of hydrogen-bond acceptors (Lipinski definition) is 3. The van der Waals surface area contributed by atoms with E-state index in [1.165, 1.54) is 0 Å². The number of hydrogen-bond donors (Lipinski definition) is 3. The van der Waals surface area contributed by atoms with E-state index < -0.39 is 0 Å². The lowest BCUT2D eigenvalue weighted by Crippen LogP contribution is -2.33. The van der Waals surface area contributed by atoms with Gasteiger partial charge in [0.2, 0.25) is 0 Å². The first kappa shape index (κ1) is 22.3. The maximum atomic E-state index is 12.8. The molecule has 6 nitrogen and oxygen atoms in total. The Labute approximate surface area is 193 Å². The summed E-state index contributed by atoms with van der Waals surface area (Å²) < 4.78 is 10.9. The molecule has 1 atom stereocenters. The van der Waals surface area contributed by atoms with Gasteiger partial charge in [-0.1, -0.05) is 49.4 Å². The minimum absolute atomic E-state index is 0.0897. The number of aromatic amines is 1. The molecule has 1 heterocycles. The fourth-order valence-electron chi connectivity index (χ4n) is 4.17. The number of ether oxygens (including phenoxy) is 2. The summed E-state index contributed by atoms with van der Waals surface area (Å²) in [5, 5.41) is 7.17. The van der Waals surface area contributed by atoms with Crippen LogP contribution < -0.4 is 20.1 Å². The Morgan fingerprint density at radius 2 is 1.73 bits per heavy atom. The molecule has 0 aliphatic heterocycles. The molecule has 4 rings (SSSR count). The number of carbonyl (C=O) groups excluding carboxylic acids is 1. The van der Waals surface area contributed by atoms with Crippen molar-refractivity contribution < 1.29 is 14.3 Å². The number of urea groups is 1. The van der Waals surface area contributed by atoms with Crippen LogP contribution in [-0.2, 0) is 6.42 Å². The first-order chi connectivity index (χ1) is 16.1. The van der Waals surface area contributed by atoms with Crippen LogP contribution in [0.1, 0.15) is 29.5 Å². The van der Waals surface area contributed by atoms with Gasteiger partial charge >= 0.3 is 6.03 Å². The number of aromatic nitrogens is 1. The van der Waals surface area contributed by atoms with E-state index in [0.717, 1.165) is 39.7 Å². The lowest BCUT2D eigenvalue weighted by atomic mass is 9.90. The van der Waals surface area contributed by atoms with Crippen LogP contribution in [0.4, 0.5) is 10.5 Å². The number of anilines is 1. The number of amides is 2. The van der Waals surface area contributed by atoms with Crippen molar-refractivity contribution in [2.75, 3.05) is 26.1 Å². The normalized spacial score (nSPS) is 11.7. The SMILES string of the molecule is CCc1ccccc1NC(=O)NCC(c1ccc(OC)c(OC)c1)c1c[nH]c2ccccc12. The van der Waals surface area contributed by atoms with Crippen molar-refractivity contribution >= 4 is 22.6 Å². The monoisotopic (exact) mass is 443 g/mol. The molecule has 1 unspecified atom stereocenters. The van der Waals surface area contributed by atoms with Crippen LogP contribution in [0.5, 0.6) is 11.5 Å². The maximum absolute atomic E-state index is 12.8. The van der Waals surface area contributed by atoms with Crippen LogP contribution in [0.15, 0.2) is 72.9 Å². The van der Waals surface area contributed by atoms with Crippen LogP contribution in [0.3, 0.4) is 0 Å². The third-order valence-corrected chi connectivity index (χ3v) is 5.92. The van der Waals surface area contributed by atoms with Crippen LogP contribution in [0, 0.1) is 0 Å². The minimum atomic E-state index is -0.235. The summed E-state index contributed by atoms with van der Waals surface area (Å²) in [5.74, 6) is 1.23. The number of aryl methyl sites for hydroxylation is 1. The molecule has 0 aliphatic rings. The van der Waals surface area contributed by atoms with Crippen molar-refractivity contribution in [2.45, 2.75) is 19.3 Å². The Kier molecular flexibility index (Phi) is 6.83. The summed E-state index contributed by atoms with van der Waals surface area (Å²) in [4.78, 5) is 16.1. The number of methoxy groups -OCH3 is 2. The molecular formula is C27H29N3O3. The smallest absolute Gasteiger partial charge is 0.319 e. The van der Waals surface area contributed by atoms with E-state index in [-0.39, 0.29) is 11.9 Å². The second-order valence-corrected chi connectivity index (χ2v) is 7.80. The van der Waals surface area contributed by atoms with E-state index in [2.05, 4.69) is 28.6 Å². The summed E-state index contributed by atoms with van der Waals surface area (Å²) in [5.41, 5.74) is 5.10. The summed E-state index contributed by atoms with van der Waals surface area (Å²) in [7, 11) is 3.24. The molecular weight excluding hydrogens is 414 g/mol. The Morgan fingerprint density at radius 1 is 0.970 bits per heavy atom. The molecule has 0 bridgehead atoms. The molecule has 0 fully saturated rings. The Balaban J connectivity index is 1.63. The van der Waals surface area contributed by atoms with Gasteiger partial charge in [-0.3, -0.25) is 0 Å². The second kappa shape index (κ2) is 10.1. The third-order valence-electron chi connectivity index (χ3n) is 5.92. The lowest BCUT2D eigenvalue weighted by Gasteiger charge is -2.20. The van der Waals surface area contributed by atoms with Gasteiger partial charge in [0.1, 0.15) is 0 Å². The topological polar surface area (TPSA) is 75.4 Å². The molecule has 4 aromatic rings. The van der Waals surface area contributed by atoms with Gasteiger partial charge in [-0.05, 0) is 47.4 Å². The number of fused-ring (bicyclic) bond motifs is 1. The minimum Gasteiger partial charge on any atom is -0.493 e. The van der Waals surface area contributed by atoms with Gasteiger partial charge in [0.25, 0.3) is 0 Å². The van der Waals surface area contributed by atoms with E-state index in [4.69, 9.17) is 9.47 Å². The van der Waals surface area contributed by atoms with E-state index in [1.807, 2.05) is 66.9 Å². The molecule has 0 saturated carbocycles. The third kappa shape index (κ3) is 4.80. The first-order valence-corrected chi connectivity index (χ1v) is 11.0. The van der Waals surface area contributed by atoms with Crippen LogP contribution in [0.2, 0.25) is 0 Å². The quantitative estimate of drug-likeness (QED) is 0.327. The Morgan fingerprint density at radius 3 is 2.52 bits per heavy atom. The number of carbonyl (C=O) groups is 1. The highest BCUT2D eigenvalue weighted by molar-refractivity contribution is 5.90. The van der Waals surface area contributed by atoms with Crippen molar-refractivity contribution in [3.8, 4) is 11.5 Å². The molecule has 0 spiro atoms. The molecule has 0 radical (unpaired) electrons. The predicted molar refractivity (Wildman–Crippen MR) is 133 cm³/mol. The molecule has 0 saturated heterocycles. The van der Waals surface area contributed by atoms with Gasteiger partial charge in [0.15, 0.2) is 11.5 Å². The number of para-hydroxylation sites is 2. The van der Waals surface area contributed by atoms with Gasteiger partial charge in [-0.15, -0.1) is 0 Å². The maximum Gasteiger partial charge on any atom is 0.319 e. The molecule has 170 valence electrons. The van der Waals surface area contributed by atoms with E-state index in [1.54, 1.807) is 14.2 Å². The zero-order valence-electron chi connectivity index (χ0n) is 19.1. The zero-order valence-corrected chi connectivity index (χ0v) is 19.1. The van der Waals surface area contributed by atoms with Gasteiger partial charge in [-0.25, -0.2) is 4.79 Å². The Bertz CT molecular complexity index is 1250. The summed E-state index contributed by atoms with van der Waals surface area (Å²) >= 11 is 0. The highest BCUT2D eigenvalue weighted by Crippen LogP contribution is 2.35. The number of rotatable bonds is 8. The average Bonchev–Trinajstić information content (AvgIpc) is 3.28. The van der Waals surface area contributed by atoms with Crippen molar-refractivity contribution in [3.63, 3.8) is 0 Å². The molecule has 3 N–H and O–H groups in total. The standard InChI is InChI=1S/C27H29N3O3/c1-4-18-9-5-7-11-23(18)30-27(31)29-16-21(19-13-14-25(32-2)26(15-19)33-3)22-17-28-24-12-8-6-10-20(22)24/h5-15,17,21,28H,4,16H2,1-3H3,(H2,29,30,31). The molecule has 33 heavy (non-hydrogen) atoms. The van der Waals surface area contributed by atoms with Crippen LogP contribution in [-0.4, -0.2) is 31.8 Å². The van der Waals surface area contributed by atoms with Gasteiger partial charge in [-0.2, -0.15) is 0 Å². The zero-order chi connectivity index (χ0) is 23.2. The average molecular weight is 444 g/mol. The van der Waals surface area contributed by atoms with Crippen molar-refractivity contribution in [2.24, 2.45) is 0 Å².